The predicted molar refractivity (Wildman–Crippen MR) is 96.0 cm³/mol. The van der Waals surface area contributed by atoms with Crippen molar-refractivity contribution in [2.75, 3.05) is 11.6 Å². The van der Waals surface area contributed by atoms with Gasteiger partial charge in [0.2, 0.25) is 0 Å². The molecule has 0 aliphatic rings. The summed E-state index contributed by atoms with van der Waals surface area (Å²) in [6, 6.07) is 7.87. The highest BCUT2D eigenvalue weighted by Crippen LogP contribution is 2.30. The standard InChI is InChI=1S/C15H18Cl2N2S.ClH/c1-3-10-20-15-18-11(2)13(8-9-16)19(15)14-7-5-4-6-12(14)17;/h4-7H,3,8-10H2,1-2H3;1H. The molecule has 1 aromatic heterocycles. The minimum atomic E-state index is 0. The fourth-order valence-corrected chi connectivity index (χ4v) is 3.41. The van der Waals surface area contributed by atoms with Crippen LogP contribution < -0.4 is 0 Å². The molecule has 2 nitrogen and oxygen atoms in total. The van der Waals surface area contributed by atoms with Gasteiger partial charge in [-0.1, -0.05) is 42.4 Å². The van der Waals surface area contributed by atoms with Gasteiger partial charge in [0.05, 0.1) is 16.4 Å². The molecule has 0 amide bonds. The van der Waals surface area contributed by atoms with Crippen LogP contribution in [0.4, 0.5) is 0 Å². The van der Waals surface area contributed by atoms with E-state index in [0.717, 1.165) is 45.8 Å². The zero-order valence-electron chi connectivity index (χ0n) is 12.1. The Morgan fingerprint density at radius 3 is 2.62 bits per heavy atom. The third-order valence-corrected chi connectivity index (χ3v) is 4.66. The fourth-order valence-electron chi connectivity index (χ4n) is 2.09. The summed E-state index contributed by atoms with van der Waals surface area (Å²) < 4.78 is 2.15. The molecular weight excluding hydrogens is 347 g/mol. The Balaban J connectivity index is 0.00000220. The molecule has 116 valence electrons. The number of benzene rings is 1. The molecule has 0 fully saturated rings. The van der Waals surface area contributed by atoms with Gasteiger partial charge in [-0.2, -0.15) is 0 Å². The summed E-state index contributed by atoms with van der Waals surface area (Å²) in [6.07, 6.45) is 1.90. The van der Waals surface area contributed by atoms with Crippen LogP contribution in [0.2, 0.25) is 5.02 Å². The molecule has 1 aromatic carbocycles. The lowest BCUT2D eigenvalue weighted by Crippen LogP contribution is -2.04. The van der Waals surface area contributed by atoms with Crippen molar-refractivity contribution in [3.05, 3.63) is 40.7 Å². The Bertz CT molecular complexity index is 584. The van der Waals surface area contributed by atoms with Crippen molar-refractivity contribution in [2.45, 2.75) is 31.8 Å². The van der Waals surface area contributed by atoms with Crippen LogP contribution in [0.15, 0.2) is 29.4 Å². The third kappa shape index (κ3) is 4.32. The van der Waals surface area contributed by atoms with E-state index in [1.165, 1.54) is 0 Å². The molecule has 21 heavy (non-hydrogen) atoms. The van der Waals surface area contributed by atoms with Crippen molar-refractivity contribution < 1.29 is 0 Å². The van der Waals surface area contributed by atoms with Crippen LogP contribution in [0.25, 0.3) is 5.69 Å². The Hall–Kier alpha value is -0.350. The Morgan fingerprint density at radius 2 is 2.00 bits per heavy atom. The Morgan fingerprint density at radius 1 is 1.29 bits per heavy atom. The second kappa shape index (κ2) is 8.94. The topological polar surface area (TPSA) is 17.8 Å². The van der Waals surface area contributed by atoms with Gasteiger partial charge in [0.25, 0.3) is 0 Å². The lowest BCUT2D eigenvalue weighted by molar-refractivity contribution is 0.840. The van der Waals surface area contributed by atoms with Gasteiger partial charge in [0, 0.05) is 23.7 Å². The first-order chi connectivity index (χ1) is 9.69. The number of aromatic nitrogens is 2. The van der Waals surface area contributed by atoms with Crippen LogP contribution in [0, 0.1) is 6.92 Å². The van der Waals surface area contributed by atoms with E-state index in [4.69, 9.17) is 28.2 Å². The summed E-state index contributed by atoms with van der Waals surface area (Å²) >= 11 is 14.1. The maximum atomic E-state index is 6.36. The number of thioether (sulfide) groups is 1. The Kier molecular flexibility index (Phi) is 7.96. The zero-order valence-corrected chi connectivity index (χ0v) is 15.2. The number of hydrogen-bond acceptors (Lipinski definition) is 2. The lowest BCUT2D eigenvalue weighted by Gasteiger charge is -2.13. The van der Waals surface area contributed by atoms with Gasteiger partial charge in [-0.05, 0) is 25.5 Å². The minimum Gasteiger partial charge on any atom is -0.290 e. The van der Waals surface area contributed by atoms with E-state index >= 15 is 0 Å². The molecule has 0 saturated heterocycles. The van der Waals surface area contributed by atoms with Crippen molar-refractivity contribution in [1.29, 1.82) is 0 Å². The summed E-state index contributed by atoms with van der Waals surface area (Å²) in [7, 11) is 0. The summed E-state index contributed by atoms with van der Waals surface area (Å²) in [5.41, 5.74) is 3.16. The number of imidazole rings is 1. The number of aryl methyl sites for hydroxylation is 1. The summed E-state index contributed by atoms with van der Waals surface area (Å²) in [5.74, 6) is 1.62. The van der Waals surface area contributed by atoms with Gasteiger partial charge >= 0.3 is 0 Å². The van der Waals surface area contributed by atoms with Crippen LogP contribution in [0.5, 0.6) is 0 Å². The maximum absolute atomic E-state index is 6.36. The van der Waals surface area contributed by atoms with Crippen molar-refractivity contribution in [2.24, 2.45) is 0 Å². The van der Waals surface area contributed by atoms with E-state index in [1.807, 2.05) is 31.2 Å². The molecule has 0 spiro atoms. The molecular formula is C15H19Cl3N2S. The number of alkyl halides is 1. The van der Waals surface area contributed by atoms with Gasteiger partial charge in [-0.3, -0.25) is 4.57 Å². The second-order valence-corrected chi connectivity index (χ2v) is 6.35. The van der Waals surface area contributed by atoms with Gasteiger partial charge in [0.15, 0.2) is 5.16 Å². The predicted octanol–water partition coefficient (Wildman–Crippen LogP) is 5.54. The van der Waals surface area contributed by atoms with E-state index in [2.05, 4.69) is 11.5 Å². The van der Waals surface area contributed by atoms with E-state index < -0.39 is 0 Å². The summed E-state index contributed by atoms with van der Waals surface area (Å²) in [4.78, 5) is 4.69. The van der Waals surface area contributed by atoms with Gasteiger partial charge in [-0.25, -0.2) is 4.98 Å². The molecule has 0 unspecified atom stereocenters. The molecule has 1 heterocycles. The second-order valence-electron chi connectivity index (χ2n) is 4.50. The monoisotopic (exact) mass is 364 g/mol. The molecule has 0 N–H and O–H groups in total. The lowest BCUT2D eigenvalue weighted by atomic mass is 10.2. The SMILES string of the molecule is CCCSc1nc(C)c(CCCl)n1-c1ccccc1Cl.Cl. The molecule has 2 aromatic rings. The normalized spacial score (nSPS) is 10.5. The average Bonchev–Trinajstić information content (AvgIpc) is 2.74. The number of para-hydroxylation sites is 1. The van der Waals surface area contributed by atoms with Crippen LogP contribution in [0.1, 0.15) is 24.7 Å². The molecule has 0 saturated carbocycles. The average molecular weight is 366 g/mol. The van der Waals surface area contributed by atoms with Gasteiger partial charge in [0.1, 0.15) is 0 Å². The number of nitrogens with zero attached hydrogens (tertiary/aromatic N) is 2. The highest BCUT2D eigenvalue weighted by Gasteiger charge is 2.17. The molecule has 0 bridgehead atoms. The first kappa shape index (κ1) is 18.7. The summed E-state index contributed by atoms with van der Waals surface area (Å²) in [6.45, 7) is 4.20. The summed E-state index contributed by atoms with van der Waals surface area (Å²) in [5, 5.41) is 1.73. The van der Waals surface area contributed by atoms with E-state index in [-0.39, 0.29) is 12.4 Å². The van der Waals surface area contributed by atoms with Crippen LogP contribution >= 0.6 is 47.4 Å². The molecule has 0 radical (unpaired) electrons. The maximum Gasteiger partial charge on any atom is 0.173 e. The number of hydrogen-bond donors (Lipinski definition) is 0. The first-order valence-corrected chi connectivity index (χ1v) is 8.60. The van der Waals surface area contributed by atoms with Crippen molar-refractivity contribution >= 4 is 47.4 Å². The third-order valence-electron chi connectivity index (χ3n) is 3.00. The van der Waals surface area contributed by atoms with Gasteiger partial charge < -0.3 is 0 Å². The van der Waals surface area contributed by atoms with Crippen LogP contribution in [0.3, 0.4) is 0 Å². The molecule has 2 rings (SSSR count). The molecule has 0 aliphatic carbocycles. The zero-order chi connectivity index (χ0) is 14.5. The Labute approximate surface area is 146 Å². The minimum absolute atomic E-state index is 0. The van der Waals surface area contributed by atoms with E-state index in [1.54, 1.807) is 11.8 Å². The van der Waals surface area contributed by atoms with Crippen molar-refractivity contribution in [3.8, 4) is 5.69 Å². The largest absolute Gasteiger partial charge is 0.290 e. The fraction of sp³-hybridized carbons (Fsp3) is 0.400. The smallest absolute Gasteiger partial charge is 0.173 e. The van der Waals surface area contributed by atoms with Crippen LogP contribution in [-0.2, 0) is 6.42 Å². The highest BCUT2D eigenvalue weighted by molar-refractivity contribution is 7.99. The number of rotatable bonds is 6. The quantitative estimate of drug-likeness (QED) is 0.494. The van der Waals surface area contributed by atoms with E-state index in [9.17, 15) is 0 Å². The van der Waals surface area contributed by atoms with Gasteiger partial charge in [-0.15, -0.1) is 24.0 Å². The molecule has 6 heteroatoms. The number of halogens is 3. The van der Waals surface area contributed by atoms with Crippen molar-refractivity contribution in [3.63, 3.8) is 0 Å². The van der Waals surface area contributed by atoms with E-state index in [0.29, 0.717) is 5.88 Å². The molecule has 0 atom stereocenters. The van der Waals surface area contributed by atoms with Crippen molar-refractivity contribution in [1.82, 2.24) is 9.55 Å². The first-order valence-electron chi connectivity index (χ1n) is 6.71. The molecule has 0 aliphatic heterocycles. The van der Waals surface area contributed by atoms with Crippen LogP contribution in [-0.4, -0.2) is 21.2 Å². The highest BCUT2D eigenvalue weighted by atomic mass is 35.5.